The first kappa shape index (κ1) is 16.4. The number of hydrogen-bond acceptors (Lipinski definition) is 2. The van der Waals surface area contributed by atoms with Crippen LogP contribution in [0.4, 0.5) is 8.78 Å². The minimum absolute atomic E-state index is 0.358. The summed E-state index contributed by atoms with van der Waals surface area (Å²) < 4.78 is 26.6. The van der Waals surface area contributed by atoms with Crippen molar-refractivity contribution >= 4 is 17.3 Å². The lowest BCUT2D eigenvalue weighted by Gasteiger charge is -2.11. The standard InChI is InChI=1S/C16H19F2N3S/c1-11-6-7-13(22-11)10-21-16(19-2)20-9-8-12-4-3-5-14(17)15(12)18/h3-7H,8-10H2,1-2H3,(H2,19,20,21). The van der Waals surface area contributed by atoms with Crippen molar-refractivity contribution in [1.82, 2.24) is 10.6 Å². The minimum atomic E-state index is -0.812. The minimum Gasteiger partial charge on any atom is -0.356 e. The van der Waals surface area contributed by atoms with Crippen LogP contribution in [0.3, 0.4) is 0 Å². The van der Waals surface area contributed by atoms with Gasteiger partial charge in [-0.1, -0.05) is 12.1 Å². The molecule has 118 valence electrons. The van der Waals surface area contributed by atoms with Crippen LogP contribution in [0.1, 0.15) is 15.3 Å². The molecule has 0 unspecified atom stereocenters. The van der Waals surface area contributed by atoms with E-state index in [1.165, 1.54) is 15.8 Å². The van der Waals surface area contributed by atoms with Gasteiger partial charge in [-0.15, -0.1) is 11.3 Å². The predicted octanol–water partition coefficient (Wildman–Crippen LogP) is 3.24. The summed E-state index contributed by atoms with van der Waals surface area (Å²) in [6.45, 7) is 3.23. The number of nitrogens with zero attached hydrogens (tertiary/aromatic N) is 1. The number of benzene rings is 1. The molecule has 3 nitrogen and oxygen atoms in total. The van der Waals surface area contributed by atoms with Crippen molar-refractivity contribution in [3.05, 3.63) is 57.3 Å². The number of guanidine groups is 1. The van der Waals surface area contributed by atoms with Gasteiger partial charge in [0.25, 0.3) is 0 Å². The summed E-state index contributed by atoms with van der Waals surface area (Å²) >= 11 is 1.73. The summed E-state index contributed by atoms with van der Waals surface area (Å²) in [7, 11) is 1.68. The van der Waals surface area contributed by atoms with Gasteiger partial charge in [0.05, 0.1) is 6.54 Å². The monoisotopic (exact) mass is 323 g/mol. The van der Waals surface area contributed by atoms with E-state index in [0.717, 1.165) is 6.07 Å². The Labute approximate surface area is 133 Å². The molecule has 0 aliphatic heterocycles. The van der Waals surface area contributed by atoms with Gasteiger partial charge in [0.15, 0.2) is 17.6 Å². The molecule has 0 spiro atoms. The molecule has 0 atom stereocenters. The molecule has 2 rings (SSSR count). The first-order valence-corrected chi connectivity index (χ1v) is 7.84. The molecule has 0 aliphatic carbocycles. The fourth-order valence-electron chi connectivity index (χ4n) is 2.03. The zero-order valence-corrected chi connectivity index (χ0v) is 13.4. The van der Waals surface area contributed by atoms with Gasteiger partial charge in [-0.3, -0.25) is 4.99 Å². The van der Waals surface area contributed by atoms with E-state index in [-0.39, 0.29) is 0 Å². The lowest BCUT2D eigenvalue weighted by molar-refractivity contribution is 0.498. The first-order chi connectivity index (χ1) is 10.6. The molecule has 2 aromatic rings. The van der Waals surface area contributed by atoms with E-state index in [1.54, 1.807) is 24.5 Å². The highest BCUT2D eigenvalue weighted by Gasteiger charge is 2.07. The molecular formula is C16H19F2N3S. The lowest BCUT2D eigenvalue weighted by Crippen LogP contribution is -2.37. The van der Waals surface area contributed by atoms with Gasteiger partial charge in [0.2, 0.25) is 0 Å². The summed E-state index contributed by atoms with van der Waals surface area (Å²) in [5.41, 5.74) is 0.358. The lowest BCUT2D eigenvalue weighted by atomic mass is 10.1. The van der Waals surface area contributed by atoms with Crippen LogP contribution in [0.5, 0.6) is 0 Å². The highest BCUT2D eigenvalue weighted by Crippen LogP contribution is 2.14. The Bertz CT molecular complexity index is 653. The highest BCUT2D eigenvalue weighted by atomic mass is 32.1. The van der Waals surface area contributed by atoms with E-state index >= 15 is 0 Å². The second kappa shape index (κ2) is 7.89. The third kappa shape index (κ3) is 4.53. The van der Waals surface area contributed by atoms with Crippen LogP contribution in [0.2, 0.25) is 0 Å². The smallest absolute Gasteiger partial charge is 0.191 e. The van der Waals surface area contributed by atoms with Crippen molar-refractivity contribution in [2.45, 2.75) is 19.9 Å². The average Bonchev–Trinajstić information content (AvgIpc) is 2.92. The van der Waals surface area contributed by atoms with E-state index in [1.807, 2.05) is 0 Å². The van der Waals surface area contributed by atoms with Crippen molar-refractivity contribution < 1.29 is 8.78 Å². The Kier molecular flexibility index (Phi) is 5.89. The highest BCUT2D eigenvalue weighted by molar-refractivity contribution is 7.11. The molecule has 0 saturated carbocycles. The maximum Gasteiger partial charge on any atom is 0.191 e. The molecular weight excluding hydrogens is 304 g/mol. The Morgan fingerprint density at radius 3 is 2.68 bits per heavy atom. The van der Waals surface area contributed by atoms with E-state index < -0.39 is 11.6 Å². The molecule has 6 heteroatoms. The molecule has 1 aromatic carbocycles. The summed E-state index contributed by atoms with van der Waals surface area (Å²) in [5.74, 6) is -0.947. The molecule has 0 aliphatic rings. The number of aliphatic imine (C=N–C) groups is 1. The van der Waals surface area contributed by atoms with Crippen molar-refractivity contribution in [3.8, 4) is 0 Å². The second-order valence-corrected chi connectivity index (χ2v) is 6.20. The third-order valence-electron chi connectivity index (χ3n) is 3.17. The summed E-state index contributed by atoms with van der Waals surface area (Å²) in [4.78, 5) is 6.60. The fraction of sp³-hybridized carbons (Fsp3) is 0.312. The van der Waals surface area contributed by atoms with Crippen LogP contribution in [0, 0.1) is 18.6 Å². The quantitative estimate of drug-likeness (QED) is 0.655. The van der Waals surface area contributed by atoms with Gasteiger partial charge in [-0.05, 0) is 37.1 Å². The predicted molar refractivity (Wildman–Crippen MR) is 87.3 cm³/mol. The van der Waals surface area contributed by atoms with Crippen LogP contribution in [-0.2, 0) is 13.0 Å². The number of rotatable bonds is 5. The van der Waals surface area contributed by atoms with Gasteiger partial charge >= 0.3 is 0 Å². The van der Waals surface area contributed by atoms with Crippen LogP contribution >= 0.6 is 11.3 Å². The number of aryl methyl sites for hydroxylation is 1. The summed E-state index contributed by atoms with van der Waals surface area (Å²) in [5, 5.41) is 6.29. The topological polar surface area (TPSA) is 36.4 Å². The van der Waals surface area contributed by atoms with Crippen molar-refractivity contribution in [1.29, 1.82) is 0 Å². The number of hydrogen-bond donors (Lipinski definition) is 2. The largest absolute Gasteiger partial charge is 0.356 e. The molecule has 0 bridgehead atoms. The number of thiophene rings is 1. The normalized spacial score (nSPS) is 11.5. The van der Waals surface area contributed by atoms with Gasteiger partial charge in [0.1, 0.15) is 0 Å². The zero-order chi connectivity index (χ0) is 15.9. The van der Waals surface area contributed by atoms with E-state index in [2.05, 4.69) is 34.7 Å². The van der Waals surface area contributed by atoms with Crippen LogP contribution < -0.4 is 10.6 Å². The summed E-state index contributed by atoms with van der Waals surface area (Å²) in [6.07, 6.45) is 0.391. The van der Waals surface area contributed by atoms with Gasteiger partial charge in [-0.2, -0.15) is 0 Å². The molecule has 22 heavy (non-hydrogen) atoms. The molecule has 0 saturated heterocycles. The summed E-state index contributed by atoms with van der Waals surface area (Å²) in [6, 6.07) is 8.37. The van der Waals surface area contributed by atoms with Gasteiger partial charge in [0, 0.05) is 23.3 Å². The Hall–Kier alpha value is -1.95. The van der Waals surface area contributed by atoms with Crippen molar-refractivity contribution in [2.24, 2.45) is 4.99 Å². The van der Waals surface area contributed by atoms with Crippen LogP contribution in [-0.4, -0.2) is 19.6 Å². The van der Waals surface area contributed by atoms with Crippen molar-refractivity contribution in [3.63, 3.8) is 0 Å². The number of nitrogens with one attached hydrogen (secondary N) is 2. The van der Waals surface area contributed by atoms with Crippen LogP contribution in [0.25, 0.3) is 0 Å². The molecule has 1 heterocycles. The van der Waals surface area contributed by atoms with E-state index in [9.17, 15) is 8.78 Å². The van der Waals surface area contributed by atoms with Crippen molar-refractivity contribution in [2.75, 3.05) is 13.6 Å². The SMILES string of the molecule is CN=C(NCCc1cccc(F)c1F)NCc1ccc(C)s1. The Morgan fingerprint density at radius 1 is 1.18 bits per heavy atom. The first-order valence-electron chi connectivity index (χ1n) is 7.03. The Balaban J connectivity index is 1.80. The molecule has 0 radical (unpaired) electrons. The second-order valence-electron chi connectivity index (χ2n) is 4.83. The molecule has 0 amide bonds. The fourth-order valence-corrected chi connectivity index (χ4v) is 2.86. The molecule has 0 fully saturated rings. The average molecular weight is 323 g/mol. The van der Waals surface area contributed by atoms with Gasteiger partial charge < -0.3 is 10.6 Å². The third-order valence-corrected chi connectivity index (χ3v) is 4.17. The zero-order valence-electron chi connectivity index (χ0n) is 12.6. The maximum atomic E-state index is 13.5. The number of halogens is 2. The molecule has 1 aromatic heterocycles. The van der Waals surface area contributed by atoms with Crippen LogP contribution in [0.15, 0.2) is 35.3 Å². The maximum absolute atomic E-state index is 13.5. The van der Waals surface area contributed by atoms with E-state index in [4.69, 9.17) is 0 Å². The Morgan fingerprint density at radius 2 is 2.00 bits per heavy atom. The van der Waals surface area contributed by atoms with Gasteiger partial charge in [-0.25, -0.2) is 8.78 Å². The van der Waals surface area contributed by atoms with E-state index in [0.29, 0.717) is 31.0 Å². The molecule has 2 N–H and O–H groups in total.